The van der Waals surface area contributed by atoms with E-state index in [1.807, 2.05) is 45.0 Å². The van der Waals surface area contributed by atoms with Gasteiger partial charge in [-0.15, -0.1) is 11.8 Å². The van der Waals surface area contributed by atoms with Crippen LogP contribution in [0.2, 0.25) is 0 Å². The summed E-state index contributed by atoms with van der Waals surface area (Å²) in [5.74, 6) is 1.19. The highest BCUT2D eigenvalue weighted by molar-refractivity contribution is 7.99. The summed E-state index contributed by atoms with van der Waals surface area (Å²) < 4.78 is 5.35. The molecule has 2 aromatic carbocycles. The minimum atomic E-state index is -0.359. The molecule has 0 saturated heterocycles. The number of hydrogen-bond acceptors (Lipinski definition) is 4. The second kappa shape index (κ2) is 8.87. The average Bonchev–Trinajstić information content (AvgIpc) is 2.64. The summed E-state index contributed by atoms with van der Waals surface area (Å²) in [4.78, 5) is 24.5. The number of carbonyl (C=O) groups is 1. The van der Waals surface area contributed by atoms with E-state index in [1.54, 1.807) is 0 Å². The molecule has 1 N–H and O–H groups in total. The first-order valence-electron chi connectivity index (χ1n) is 9.77. The molecule has 0 saturated carbocycles. The van der Waals surface area contributed by atoms with Gasteiger partial charge in [-0.2, -0.15) is 0 Å². The van der Waals surface area contributed by atoms with Crippen molar-refractivity contribution < 1.29 is 9.21 Å². The molecule has 1 aromatic heterocycles. The Labute approximate surface area is 175 Å². The maximum Gasteiger partial charge on any atom is 0.336 e. The van der Waals surface area contributed by atoms with E-state index < -0.39 is 0 Å². The van der Waals surface area contributed by atoms with Crippen LogP contribution in [0.5, 0.6) is 0 Å². The van der Waals surface area contributed by atoms with Crippen LogP contribution < -0.4 is 10.9 Å². The number of carbonyl (C=O) groups excluding carboxylic acids is 1. The van der Waals surface area contributed by atoms with Gasteiger partial charge in [0.2, 0.25) is 5.91 Å². The SMILES string of the molecule is Cc1cc2oc(=O)cc(CSCC(=O)Nc3c(C)cccc3C(C)C)c2cc1C. The molecule has 1 amide bonds. The number of nitrogens with one attached hydrogen (secondary N) is 1. The molecule has 29 heavy (non-hydrogen) atoms. The second-order valence-corrected chi connectivity index (χ2v) is 8.74. The number of fused-ring (bicyclic) bond motifs is 1. The summed E-state index contributed by atoms with van der Waals surface area (Å²) >= 11 is 1.49. The Kier molecular flexibility index (Phi) is 6.48. The van der Waals surface area contributed by atoms with Crippen molar-refractivity contribution in [3.63, 3.8) is 0 Å². The highest BCUT2D eigenvalue weighted by Gasteiger charge is 2.13. The fourth-order valence-electron chi connectivity index (χ4n) is 3.37. The van der Waals surface area contributed by atoms with Crippen molar-refractivity contribution in [1.82, 2.24) is 0 Å². The summed E-state index contributed by atoms with van der Waals surface area (Å²) in [6.45, 7) is 10.3. The van der Waals surface area contributed by atoms with Gasteiger partial charge >= 0.3 is 5.63 Å². The maximum absolute atomic E-state index is 12.5. The lowest BCUT2D eigenvalue weighted by molar-refractivity contribution is -0.113. The number of aryl methyl sites for hydroxylation is 3. The fourth-order valence-corrected chi connectivity index (χ4v) is 4.19. The first kappa shape index (κ1) is 21.2. The third-order valence-corrected chi connectivity index (χ3v) is 6.11. The smallest absolute Gasteiger partial charge is 0.336 e. The Bertz CT molecular complexity index is 1120. The largest absolute Gasteiger partial charge is 0.423 e. The van der Waals surface area contributed by atoms with E-state index in [1.165, 1.54) is 17.8 Å². The zero-order valence-electron chi connectivity index (χ0n) is 17.6. The van der Waals surface area contributed by atoms with Crippen LogP contribution in [0.1, 0.15) is 47.6 Å². The molecule has 0 aliphatic carbocycles. The highest BCUT2D eigenvalue weighted by Crippen LogP contribution is 2.28. The third-order valence-electron chi connectivity index (χ3n) is 5.13. The van der Waals surface area contributed by atoms with E-state index >= 15 is 0 Å². The summed E-state index contributed by atoms with van der Waals surface area (Å²) in [7, 11) is 0. The summed E-state index contributed by atoms with van der Waals surface area (Å²) in [6.07, 6.45) is 0. The van der Waals surface area contributed by atoms with Crippen LogP contribution in [0.4, 0.5) is 5.69 Å². The van der Waals surface area contributed by atoms with Crippen molar-refractivity contribution in [3.05, 3.63) is 74.6 Å². The van der Waals surface area contributed by atoms with Crippen LogP contribution >= 0.6 is 11.8 Å². The first-order valence-corrected chi connectivity index (χ1v) is 10.9. The van der Waals surface area contributed by atoms with Crippen LogP contribution in [0.15, 0.2) is 45.6 Å². The van der Waals surface area contributed by atoms with E-state index in [4.69, 9.17) is 4.42 Å². The standard InChI is InChI=1S/C24H27NO3S/c1-14(2)19-8-6-7-15(3)24(19)25-22(26)13-29-12-18-11-23(27)28-21-10-17(5)16(4)9-20(18)21/h6-11,14H,12-13H2,1-5H3,(H,25,26). The Balaban J connectivity index is 1.72. The Morgan fingerprint density at radius 3 is 2.52 bits per heavy atom. The van der Waals surface area contributed by atoms with Crippen LogP contribution in [0, 0.1) is 20.8 Å². The molecular formula is C24H27NO3S. The average molecular weight is 410 g/mol. The molecule has 3 aromatic rings. The zero-order valence-corrected chi connectivity index (χ0v) is 18.4. The van der Waals surface area contributed by atoms with Gasteiger partial charge in [-0.3, -0.25) is 4.79 Å². The molecule has 0 bridgehead atoms. The quantitative estimate of drug-likeness (QED) is 0.530. The number of hydrogen-bond donors (Lipinski definition) is 1. The van der Waals surface area contributed by atoms with Crippen LogP contribution in [-0.4, -0.2) is 11.7 Å². The van der Waals surface area contributed by atoms with Gasteiger partial charge in [0.25, 0.3) is 0 Å². The van der Waals surface area contributed by atoms with E-state index in [9.17, 15) is 9.59 Å². The van der Waals surface area contributed by atoms with E-state index in [0.717, 1.165) is 38.9 Å². The predicted octanol–water partition coefficient (Wildman–Crippen LogP) is 5.71. The number of amides is 1. The minimum Gasteiger partial charge on any atom is -0.423 e. The molecule has 5 heteroatoms. The Morgan fingerprint density at radius 2 is 1.79 bits per heavy atom. The molecule has 1 heterocycles. The van der Waals surface area contributed by atoms with Gasteiger partial charge in [-0.25, -0.2) is 4.79 Å². The fraction of sp³-hybridized carbons (Fsp3) is 0.333. The maximum atomic E-state index is 12.5. The number of benzene rings is 2. The first-order chi connectivity index (χ1) is 13.8. The van der Waals surface area contributed by atoms with Crippen molar-refractivity contribution in [2.24, 2.45) is 0 Å². The van der Waals surface area contributed by atoms with E-state index in [0.29, 0.717) is 23.0 Å². The normalized spacial score (nSPS) is 11.2. The molecule has 0 unspecified atom stereocenters. The van der Waals surface area contributed by atoms with Gasteiger partial charge in [-0.05, 0) is 66.6 Å². The molecule has 0 aliphatic heterocycles. The number of thioether (sulfide) groups is 1. The Hall–Kier alpha value is -2.53. The molecule has 0 spiro atoms. The molecule has 0 aliphatic rings. The minimum absolute atomic E-state index is 0.0366. The number of anilines is 1. The van der Waals surface area contributed by atoms with Crippen molar-refractivity contribution in [2.45, 2.75) is 46.3 Å². The van der Waals surface area contributed by atoms with Crippen LogP contribution in [0.3, 0.4) is 0 Å². The van der Waals surface area contributed by atoms with Gasteiger partial charge in [0.05, 0.1) is 5.75 Å². The summed E-state index contributed by atoms with van der Waals surface area (Å²) in [5.41, 5.74) is 6.48. The number of para-hydroxylation sites is 1. The predicted molar refractivity (Wildman–Crippen MR) is 122 cm³/mol. The van der Waals surface area contributed by atoms with E-state index in [-0.39, 0.29) is 11.5 Å². The van der Waals surface area contributed by atoms with Crippen molar-refractivity contribution in [2.75, 3.05) is 11.1 Å². The lowest BCUT2D eigenvalue weighted by atomic mass is 9.98. The van der Waals surface area contributed by atoms with Gasteiger partial charge in [0, 0.05) is 22.9 Å². The van der Waals surface area contributed by atoms with Gasteiger partial charge in [0.1, 0.15) is 5.58 Å². The molecular weight excluding hydrogens is 382 g/mol. The summed E-state index contributed by atoms with van der Waals surface area (Å²) in [5, 5.41) is 4.00. The number of rotatable bonds is 6. The van der Waals surface area contributed by atoms with Gasteiger partial charge in [0.15, 0.2) is 0 Å². The second-order valence-electron chi connectivity index (χ2n) is 7.76. The molecule has 0 radical (unpaired) electrons. The molecule has 152 valence electrons. The Morgan fingerprint density at radius 1 is 1.07 bits per heavy atom. The van der Waals surface area contributed by atoms with Gasteiger partial charge in [-0.1, -0.05) is 32.0 Å². The monoisotopic (exact) mass is 409 g/mol. The van der Waals surface area contributed by atoms with Gasteiger partial charge < -0.3 is 9.73 Å². The van der Waals surface area contributed by atoms with Crippen LogP contribution in [0.25, 0.3) is 11.0 Å². The molecule has 3 rings (SSSR count). The molecule has 4 nitrogen and oxygen atoms in total. The van der Waals surface area contributed by atoms with Crippen molar-refractivity contribution in [3.8, 4) is 0 Å². The molecule has 0 fully saturated rings. The topological polar surface area (TPSA) is 59.3 Å². The lowest BCUT2D eigenvalue weighted by Gasteiger charge is -2.16. The van der Waals surface area contributed by atoms with Crippen LogP contribution in [-0.2, 0) is 10.5 Å². The third kappa shape index (κ3) is 4.91. The lowest BCUT2D eigenvalue weighted by Crippen LogP contribution is -2.17. The van der Waals surface area contributed by atoms with Crippen molar-refractivity contribution >= 4 is 34.3 Å². The highest BCUT2D eigenvalue weighted by atomic mass is 32.2. The van der Waals surface area contributed by atoms with Crippen molar-refractivity contribution in [1.29, 1.82) is 0 Å². The van der Waals surface area contributed by atoms with E-state index in [2.05, 4.69) is 25.2 Å². The zero-order chi connectivity index (χ0) is 21.1. The summed E-state index contributed by atoms with van der Waals surface area (Å²) in [6, 6.07) is 11.6. The molecule has 0 atom stereocenters.